The molecule has 0 aliphatic carbocycles. The number of rotatable bonds is 1. The highest BCUT2D eigenvalue weighted by molar-refractivity contribution is 5.80. The summed E-state index contributed by atoms with van der Waals surface area (Å²) in [6.07, 6.45) is -10.8. The Kier molecular flexibility index (Phi) is 6.65. The normalized spacial score (nSPS) is 11.5. The minimum absolute atomic E-state index is 0.162. The first kappa shape index (κ1) is 25.0. The summed E-state index contributed by atoms with van der Waals surface area (Å²) in [6, 6.07) is 10.5. The van der Waals surface area contributed by atoms with Crippen molar-refractivity contribution in [1.29, 1.82) is 31.6 Å². The van der Waals surface area contributed by atoms with E-state index in [0.29, 0.717) is 0 Å². The topological polar surface area (TPSA) is 143 Å². The van der Waals surface area contributed by atoms with Crippen LogP contribution in [-0.2, 0) is 12.4 Å². The van der Waals surface area contributed by atoms with Crippen LogP contribution in [0.1, 0.15) is 33.4 Å². The third-order valence-corrected chi connectivity index (χ3v) is 4.42. The Hall–Kier alpha value is -5.30. The van der Waals surface area contributed by atoms with E-state index in [1.807, 2.05) is 0 Å². The minimum Gasteiger partial charge on any atom is -0.192 e. The summed E-state index contributed by atoms with van der Waals surface area (Å²) in [5, 5.41) is 54.6. The summed E-state index contributed by atoms with van der Waals surface area (Å²) in [6.45, 7) is 0. The molecule has 0 spiro atoms. The van der Waals surface area contributed by atoms with Gasteiger partial charge in [0.2, 0.25) is 0 Å². The maximum Gasteiger partial charge on any atom is 0.417 e. The molecule has 2 rings (SSSR count). The lowest BCUT2D eigenvalue weighted by Gasteiger charge is -2.16. The number of nitriles is 6. The molecule has 0 saturated carbocycles. The zero-order valence-electron chi connectivity index (χ0n) is 16.3. The summed E-state index contributed by atoms with van der Waals surface area (Å²) in [7, 11) is 0. The second-order valence-corrected chi connectivity index (χ2v) is 6.31. The lowest BCUT2D eigenvalue weighted by atomic mass is 9.92. The molecule has 0 unspecified atom stereocenters. The Morgan fingerprint density at radius 3 is 1.38 bits per heavy atom. The fraction of sp³-hybridized carbons (Fsp3) is 0.0909. The van der Waals surface area contributed by atoms with E-state index in [1.165, 1.54) is 18.2 Å². The highest BCUT2D eigenvalue weighted by atomic mass is 19.4. The zero-order valence-corrected chi connectivity index (χ0v) is 16.3. The first-order valence-corrected chi connectivity index (χ1v) is 8.53. The van der Waals surface area contributed by atoms with Gasteiger partial charge in [0.1, 0.15) is 29.8 Å². The molecule has 0 fully saturated rings. The van der Waals surface area contributed by atoms with Crippen molar-refractivity contribution in [2.75, 3.05) is 0 Å². The molecule has 0 aliphatic heterocycles. The Balaban J connectivity index is 3.24. The van der Waals surface area contributed by atoms with E-state index in [9.17, 15) is 42.1 Å². The fourth-order valence-corrected chi connectivity index (χ4v) is 2.98. The van der Waals surface area contributed by atoms with Gasteiger partial charge in [0.05, 0.1) is 45.5 Å². The number of benzene rings is 2. The SMILES string of the molecule is N#CC(C#N)=c1cc(C#N)/c(=C(/C#N)c2cc(C(F)(F)F)c(C#N)c(C(F)(F)F)c2)cc1C#N. The predicted octanol–water partition coefficient (Wildman–Crippen LogP) is 3.26. The Morgan fingerprint density at radius 1 is 0.588 bits per heavy atom. The molecule has 2 aromatic rings. The summed E-state index contributed by atoms with van der Waals surface area (Å²) in [5.41, 5.74) is -8.87. The molecule has 0 bridgehead atoms. The Labute approximate surface area is 186 Å². The van der Waals surface area contributed by atoms with Crippen molar-refractivity contribution in [1.82, 2.24) is 0 Å². The predicted molar refractivity (Wildman–Crippen MR) is 99.0 cm³/mol. The van der Waals surface area contributed by atoms with Crippen LogP contribution < -0.4 is 10.4 Å². The van der Waals surface area contributed by atoms with E-state index in [2.05, 4.69) is 0 Å². The lowest BCUT2D eigenvalue weighted by Crippen LogP contribution is -2.22. The van der Waals surface area contributed by atoms with E-state index in [0.717, 1.165) is 18.2 Å². The van der Waals surface area contributed by atoms with Crippen molar-refractivity contribution in [2.24, 2.45) is 0 Å². The number of hydrogen-bond acceptors (Lipinski definition) is 6. The molecule has 0 aliphatic rings. The molecule has 0 heterocycles. The first-order chi connectivity index (χ1) is 15.9. The highest BCUT2D eigenvalue weighted by Gasteiger charge is 2.42. The average Bonchev–Trinajstić information content (AvgIpc) is 2.78. The van der Waals surface area contributed by atoms with Crippen molar-refractivity contribution in [3.8, 4) is 36.4 Å². The second kappa shape index (κ2) is 9.05. The average molecular weight is 466 g/mol. The van der Waals surface area contributed by atoms with Gasteiger partial charge in [-0.25, -0.2) is 0 Å². The van der Waals surface area contributed by atoms with Crippen molar-refractivity contribution in [3.05, 3.63) is 68.1 Å². The highest BCUT2D eigenvalue weighted by Crippen LogP contribution is 2.40. The van der Waals surface area contributed by atoms with Crippen molar-refractivity contribution in [2.45, 2.75) is 12.4 Å². The molecule has 0 radical (unpaired) electrons. The third kappa shape index (κ3) is 4.49. The van der Waals surface area contributed by atoms with E-state index >= 15 is 0 Å². The first-order valence-electron chi connectivity index (χ1n) is 8.53. The summed E-state index contributed by atoms with van der Waals surface area (Å²) < 4.78 is 80.8. The second-order valence-electron chi connectivity index (χ2n) is 6.31. The summed E-state index contributed by atoms with van der Waals surface area (Å²) in [4.78, 5) is 0. The largest absolute Gasteiger partial charge is 0.417 e. The maximum atomic E-state index is 13.5. The van der Waals surface area contributed by atoms with Crippen LogP contribution in [0.25, 0.3) is 11.1 Å². The van der Waals surface area contributed by atoms with E-state index < -0.39 is 62.1 Å². The molecule has 0 saturated heterocycles. The van der Waals surface area contributed by atoms with Crippen LogP contribution in [0.15, 0.2) is 24.3 Å². The summed E-state index contributed by atoms with van der Waals surface area (Å²) >= 11 is 0. The van der Waals surface area contributed by atoms with Crippen LogP contribution in [0, 0.1) is 68.0 Å². The molecule has 12 heteroatoms. The van der Waals surface area contributed by atoms with Gasteiger partial charge in [-0.3, -0.25) is 0 Å². The molecule has 0 amide bonds. The van der Waals surface area contributed by atoms with E-state index in [1.54, 1.807) is 12.1 Å². The molecule has 0 N–H and O–H groups in total. The lowest BCUT2D eigenvalue weighted by molar-refractivity contribution is -0.143. The van der Waals surface area contributed by atoms with Crippen LogP contribution in [0.2, 0.25) is 0 Å². The van der Waals surface area contributed by atoms with Crippen LogP contribution >= 0.6 is 0 Å². The molecule has 0 aromatic heterocycles. The van der Waals surface area contributed by atoms with Gasteiger partial charge in [0.25, 0.3) is 0 Å². The molecule has 0 atom stereocenters. The molecule has 2 aromatic carbocycles. The number of halogens is 6. The van der Waals surface area contributed by atoms with Gasteiger partial charge in [0.15, 0.2) is 0 Å². The monoisotopic (exact) mass is 466 g/mol. The van der Waals surface area contributed by atoms with Gasteiger partial charge in [0, 0.05) is 10.4 Å². The van der Waals surface area contributed by atoms with Crippen LogP contribution in [0.3, 0.4) is 0 Å². The third-order valence-electron chi connectivity index (χ3n) is 4.42. The van der Waals surface area contributed by atoms with Gasteiger partial charge < -0.3 is 0 Å². The number of hydrogen-bond donors (Lipinski definition) is 0. The standard InChI is InChI=1S/C22H4F6N6/c23-21(24,25)19-3-11(4-20(18(19)10-34)22(26,27)28)17(9-33)16-2-12(5-29)15(1-13(16)6-30)14(7-31)8-32/h1-4H/b17-16-. The van der Waals surface area contributed by atoms with Gasteiger partial charge in [-0.15, -0.1) is 0 Å². The van der Waals surface area contributed by atoms with Crippen LogP contribution in [0.5, 0.6) is 0 Å². The number of alkyl halides is 6. The Morgan fingerprint density at radius 2 is 1.03 bits per heavy atom. The smallest absolute Gasteiger partial charge is 0.192 e. The van der Waals surface area contributed by atoms with Gasteiger partial charge >= 0.3 is 12.4 Å². The summed E-state index contributed by atoms with van der Waals surface area (Å²) in [5.74, 6) is 0. The molecule has 164 valence electrons. The van der Waals surface area contributed by atoms with Gasteiger partial charge in [-0.2, -0.15) is 57.9 Å². The van der Waals surface area contributed by atoms with Crippen molar-refractivity contribution in [3.63, 3.8) is 0 Å². The van der Waals surface area contributed by atoms with E-state index in [4.69, 9.17) is 15.8 Å². The van der Waals surface area contributed by atoms with E-state index in [-0.39, 0.29) is 17.4 Å². The Bertz CT molecular complexity index is 1540. The quantitative estimate of drug-likeness (QED) is 0.591. The van der Waals surface area contributed by atoms with Crippen LogP contribution in [-0.4, -0.2) is 0 Å². The van der Waals surface area contributed by atoms with Gasteiger partial charge in [-0.1, -0.05) is 0 Å². The molecule has 34 heavy (non-hydrogen) atoms. The maximum absolute atomic E-state index is 13.5. The molecule has 6 nitrogen and oxygen atoms in total. The molecular formula is C22H4F6N6. The molecular weight excluding hydrogens is 462 g/mol. The van der Waals surface area contributed by atoms with Crippen molar-refractivity contribution >= 4 is 11.1 Å². The van der Waals surface area contributed by atoms with Crippen LogP contribution in [0.4, 0.5) is 26.3 Å². The zero-order chi connectivity index (χ0) is 25.8. The van der Waals surface area contributed by atoms with Crippen molar-refractivity contribution < 1.29 is 26.3 Å². The van der Waals surface area contributed by atoms with Gasteiger partial charge in [-0.05, 0) is 29.8 Å². The minimum atomic E-state index is -5.40. The fourth-order valence-electron chi connectivity index (χ4n) is 2.98. The number of nitrogens with zero attached hydrogens (tertiary/aromatic N) is 6.